The fraction of sp³-hybridized carbons (Fsp3) is 1.00. The maximum atomic E-state index is 9.83. The molecule has 1 aliphatic heterocycles. The fourth-order valence-electron chi connectivity index (χ4n) is 2.84. The standard InChI is InChI=1S/C12H24O11.C6H14O6/c13-1-4(16)7(18)11(5(17)2-14)23-12-10(21)9(20)8(19)6(3-15)22-12;7-1-3(9)5(11)6(12)4(10)2-8/h4-21H,1-3H2;3-12H,1-2H2/t4-,5+,6+,7+,8+,9-,10+,11+,12+;3-,4-,5+,6+/m01/s1. The van der Waals surface area contributed by atoms with E-state index in [1.54, 1.807) is 0 Å². The third kappa shape index (κ3) is 9.95. The first-order chi connectivity index (χ1) is 16.3. The number of hydrogen-bond acceptors (Lipinski definition) is 17. The van der Waals surface area contributed by atoms with Crippen LogP contribution in [0.15, 0.2) is 0 Å². The van der Waals surface area contributed by atoms with E-state index in [1.165, 1.54) is 0 Å². The Morgan fingerprint density at radius 1 is 0.543 bits per heavy atom. The molecule has 0 aromatic carbocycles. The van der Waals surface area contributed by atoms with Crippen molar-refractivity contribution in [2.24, 2.45) is 0 Å². The molecule has 1 rings (SSSR count). The lowest BCUT2D eigenvalue weighted by atomic mass is 9.98. The summed E-state index contributed by atoms with van der Waals surface area (Å²) in [5, 5.41) is 137. The molecule has 0 bridgehead atoms. The summed E-state index contributed by atoms with van der Waals surface area (Å²) in [4.78, 5) is 0. The average Bonchev–Trinajstić information content (AvgIpc) is 2.88. The second kappa shape index (κ2) is 16.9. The summed E-state index contributed by atoms with van der Waals surface area (Å²) in [6.07, 6.45) is -21.5. The van der Waals surface area contributed by atoms with Gasteiger partial charge in [0.2, 0.25) is 0 Å². The zero-order valence-corrected chi connectivity index (χ0v) is 18.6. The molecular formula is C18H38O17. The van der Waals surface area contributed by atoms with E-state index < -0.39 is 113 Å². The van der Waals surface area contributed by atoms with Crippen molar-refractivity contribution in [3.63, 3.8) is 0 Å². The molecule has 1 heterocycles. The molecule has 0 amide bonds. The van der Waals surface area contributed by atoms with E-state index in [-0.39, 0.29) is 0 Å². The molecule has 1 aliphatic rings. The van der Waals surface area contributed by atoms with E-state index in [2.05, 4.69) is 0 Å². The molecule has 212 valence electrons. The van der Waals surface area contributed by atoms with Crippen LogP contribution in [-0.4, -0.2) is 189 Å². The third-order valence-electron chi connectivity index (χ3n) is 5.14. The number of aliphatic hydroxyl groups is 15. The highest BCUT2D eigenvalue weighted by Crippen LogP contribution is 2.24. The van der Waals surface area contributed by atoms with E-state index in [0.29, 0.717) is 0 Å². The molecule has 0 aromatic rings. The van der Waals surface area contributed by atoms with E-state index in [4.69, 9.17) is 55.4 Å². The fourth-order valence-corrected chi connectivity index (χ4v) is 2.84. The van der Waals surface area contributed by atoms with Crippen molar-refractivity contribution in [1.29, 1.82) is 0 Å². The first kappa shape index (κ1) is 34.3. The van der Waals surface area contributed by atoms with Gasteiger partial charge in [0.05, 0.1) is 33.0 Å². The highest BCUT2D eigenvalue weighted by atomic mass is 16.7. The van der Waals surface area contributed by atoms with E-state index >= 15 is 0 Å². The highest BCUT2D eigenvalue weighted by molar-refractivity contribution is 4.91. The Balaban J connectivity index is 0.000000814. The second-order valence-corrected chi connectivity index (χ2v) is 7.77. The summed E-state index contributed by atoms with van der Waals surface area (Å²) in [6.45, 7) is -3.91. The van der Waals surface area contributed by atoms with Gasteiger partial charge < -0.3 is 86.1 Å². The lowest BCUT2D eigenvalue weighted by Crippen LogP contribution is -2.61. The van der Waals surface area contributed by atoms with Crippen molar-refractivity contribution in [1.82, 2.24) is 0 Å². The molecule has 35 heavy (non-hydrogen) atoms. The van der Waals surface area contributed by atoms with Crippen molar-refractivity contribution >= 4 is 0 Å². The van der Waals surface area contributed by atoms with E-state index in [9.17, 15) is 30.6 Å². The molecule has 0 saturated carbocycles. The molecule has 1 saturated heterocycles. The number of ether oxygens (including phenoxy) is 2. The molecule has 0 aliphatic carbocycles. The van der Waals surface area contributed by atoms with Gasteiger partial charge >= 0.3 is 0 Å². The van der Waals surface area contributed by atoms with Crippen molar-refractivity contribution in [2.45, 2.75) is 79.5 Å². The van der Waals surface area contributed by atoms with Gasteiger partial charge in [-0.25, -0.2) is 0 Å². The van der Waals surface area contributed by atoms with Gasteiger partial charge in [-0.05, 0) is 0 Å². The van der Waals surface area contributed by atoms with Gasteiger partial charge in [-0.1, -0.05) is 0 Å². The van der Waals surface area contributed by atoms with Crippen molar-refractivity contribution in [2.75, 3.05) is 33.0 Å². The summed E-state index contributed by atoms with van der Waals surface area (Å²) in [6, 6.07) is 0. The largest absolute Gasteiger partial charge is 0.394 e. The van der Waals surface area contributed by atoms with Crippen LogP contribution in [0.5, 0.6) is 0 Å². The molecule has 0 spiro atoms. The highest BCUT2D eigenvalue weighted by Gasteiger charge is 2.46. The SMILES string of the molecule is OC[C@@H](O)[C@@H](O[C@H]1O[C@H](CO)[C@@H](O)[C@H](O)[C@H]1O)[C@H](O)[C@@H](O)CO.OC[C@@H](O)[C@H](O)[C@@H](O)[C@H](O)CO. The first-order valence-corrected chi connectivity index (χ1v) is 10.5. The quantitative estimate of drug-likeness (QED) is 0.106. The molecular weight excluding hydrogens is 488 g/mol. The Morgan fingerprint density at radius 3 is 1.31 bits per heavy atom. The molecule has 13 atom stereocenters. The monoisotopic (exact) mass is 526 g/mol. The molecule has 0 aromatic heterocycles. The van der Waals surface area contributed by atoms with Crippen LogP contribution in [-0.2, 0) is 9.47 Å². The van der Waals surface area contributed by atoms with Crippen LogP contribution in [0.2, 0.25) is 0 Å². The van der Waals surface area contributed by atoms with Crippen LogP contribution in [0, 0.1) is 0 Å². The maximum absolute atomic E-state index is 9.83. The summed E-state index contributed by atoms with van der Waals surface area (Å²) in [5.41, 5.74) is 0. The summed E-state index contributed by atoms with van der Waals surface area (Å²) in [7, 11) is 0. The molecule has 1 fully saturated rings. The van der Waals surface area contributed by atoms with Gasteiger partial charge in [0, 0.05) is 0 Å². The molecule has 17 heteroatoms. The first-order valence-electron chi connectivity index (χ1n) is 10.5. The van der Waals surface area contributed by atoms with E-state index in [1.807, 2.05) is 0 Å². The van der Waals surface area contributed by atoms with Crippen LogP contribution in [0.1, 0.15) is 0 Å². The van der Waals surface area contributed by atoms with Crippen LogP contribution >= 0.6 is 0 Å². The van der Waals surface area contributed by atoms with Gasteiger partial charge in [-0.15, -0.1) is 0 Å². The topological polar surface area (TPSA) is 322 Å². The van der Waals surface area contributed by atoms with Crippen LogP contribution in [0.3, 0.4) is 0 Å². The molecule has 15 N–H and O–H groups in total. The Hall–Kier alpha value is -0.680. The number of hydrogen-bond donors (Lipinski definition) is 15. The van der Waals surface area contributed by atoms with Gasteiger partial charge in [0.25, 0.3) is 0 Å². The zero-order valence-electron chi connectivity index (χ0n) is 18.6. The lowest BCUT2D eigenvalue weighted by Gasteiger charge is -2.42. The minimum absolute atomic E-state index is 0.708. The van der Waals surface area contributed by atoms with Gasteiger partial charge in [-0.3, -0.25) is 0 Å². The van der Waals surface area contributed by atoms with E-state index in [0.717, 1.165) is 0 Å². The predicted molar refractivity (Wildman–Crippen MR) is 109 cm³/mol. The van der Waals surface area contributed by atoms with Crippen LogP contribution in [0.25, 0.3) is 0 Å². The lowest BCUT2D eigenvalue weighted by molar-refractivity contribution is -0.327. The van der Waals surface area contributed by atoms with Crippen LogP contribution in [0.4, 0.5) is 0 Å². The van der Waals surface area contributed by atoms with Crippen molar-refractivity contribution in [3.8, 4) is 0 Å². The summed E-state index contributed by atoms with van der Waals surface area (Å²) in [5.74, 6) is 0. The average molecular weight is 526 g/mol. The molecule has 0 radical (unpaired) electrons. The zero-order chi connectivity index (χ0) is 27.5. The normalized spacial score (nSPS) is 31.8. The number of aliphatic hydroxyl groups excluding tert-OH is 15. The minimum Gasteiger partial charge on any atom is -0.394 e. The molecule has 17 nitrogen and oxygen atoms in total. The predicted octanol–water partition coefficient (Wildman–Crippen LogP) is -9.35. The molecule has 0 unspecified atom stereocenters. The van der Waals surface area contributed by atoms with Crippen molar-refractivity contribution in [3.05, 3.63) is 0 Å². The number of rotatable bonds is 13. The van der Waals surface area contributed by atoms with Crippen LogP contribution < -0.4 is 0 Å². The second-order valence-electron chi connectivity index (χ2n) is 7.77. The van der Waals surface area contributed by atoms with Gasteiger partial charge in [0.15, 0.2) is 6.29 Å². The summed E-state index contributed by atoms with van der Waals surface area (Å²) < 4.78 is 10.1. The third-order valence-corrected chi connectivity index (χ3v) is 5.14. The Labute approximate surface area is 199 Å². The Kier molecular flexibility index (Phi) is 16.6. The van der Waals surface area contributed by atoms with Crippen molar-refractivity contribution < 1.29 is 86.1 Å². The Morgan fingerprint density at radius 2 is 0.943 bits per heavy atom. The minimum atomic E-state index is -1.85. The van der Waals surface area contributed by atoms with Gasteiger partial charge in [-0.2, -0.15) is 0 Å². The summed E-state index contributed by atoms with van der Waals surface area (Å²) >= 11 is 0. The smallest absolute Gasteiger partial charge is 0.187 e. The maximum Gasteiger partial charge on any atom is 0.187 e. The van der Waals surface area contributed by atoms with Gasteiger partial charge in [0.1, 0.15) is 73.2 Å². The Bertz CT molecular complexity index is 527.